The minimum absolute atomic E-state index is 0.0457. The summed E-state index contributed by atoms with van der Waals surface area (Å²) in [5.41, 5.74) is 0.645. The topological polar surface area (TPSA) is 83.2 Å². The van der Waals surface area contributed by atoms with Crippen molar-refractivity contribution < 1.29 is 27.2 Å². The van der Waals surface area contributed by atoms with Crippen molar-refractivity contribution in [3.05, 3.63) is 29.7 Å². The number of hydrogen-bond donors (Lipinski definition) is 3. The van der Waals surface area contributed by atoms with Gasteiger partial charge < -0.3 is 20.3 Å². The Kier molecular flexibility index (Phi) is 7.44. The van der Waals surface area contributed by atoms with E-state index in [1.807, 2.05) is 6.92 Å². The van der Waals surface area contributed by atoms with E-state index in [2.05, 4.69) is 20.8 Å². The number of rotatable bonds is 9. The maximum absolute atomic E-state index is 14.6. The molecule has 0 radical (unpaired) electrons. The van der Waals surface area contributed by atoms with Crippen molar-refractivity contribution >= 4 is 27.1 Å². The Morgan fingerprint density at radius 1 is 1.32 bits per heavy atom. The van der Waals surface area contributed by atoms with Crippen LogP contribution in [0, 0.1) is 0 Å². The molecule has 1 aliphatic rings. The second-order valence-electron chi connectivity index (χ2n) is 8.59. The number of halogens is 4. The number of nitrogens with zero attached hydrogens (tertiary/aromatic N) is 2. The summed E-state index contributed by atoms with van der Waals surface area (Å²) < 4.78 is 61.1. The molecule has 34 heavy (non-hydrogen) atoms. The van der Waals surface area contributed by atoms with Gasteiger partial charge in [-0.05, 0) is 42.8 Å². The summed E-state index contributed by atoms with van der Waals surface area (Å²) in [6.07, 6.45) is -5.14. The third kappa shape index (κ3) is 5.21. The molecule has 2 aromatic heterocycles. The van der Waals surface area contributed by atoms with E-state index in [-0.39, 0.29) is 22.2 Å². The Morgan fingerprint density at radius 2 is 2.12 bits per heavy atom. The number of hydrogen-bond acceptors (Lipinski definition) is 7. The van der Waals surface area contributed by atoms with Gasteiger partial charge >= 0.3 is 6.18 Å². The first-order valence-corrected chi connectivity index (χ1v) is 12.3. The lowest BCUT2D eigenvalue weighted by Gasteiger charge is -2.22. The molecule has 0 unspecified atom stereocenters. The van der Waals surface area contributed by atoms with Crippen molar-refractivity contribution in [2.75, 3.05) is 11.9 Å². The first-order chi connectivity index (χ1) is 16.2. The van der Waals surface area contributed by atoms with Gasteiger partial charge in [-0.25, -0.2) is 4.39 Å². The van der Waals surface area contributed by atoms with Crippen LogP contribution in [0.5, 0.6) is 0 Å². The van der Waals surface area contributed by atoms with Crippen LogP contribution in [-0.2, 0) is 6.42 Å². The fourth-order valence-corrected chi connectivity index (χ4v) is 5.60. The lowest BCUT2D eigenvalue weighted by Crippen LogP contribution is -2.30. The number of benzene rings is 1. The van der Waals surface area contributed by atoms with E-state index < -0.39 is 37.0 Å². The average Bonchev–Trinajstić information content (AvgIpc) is 3.51. The number of alkyl halides is 4. The second-order valence-corrected chi connectivity index (χ2v) is 9.61. The molecule has 0 bridgehead atoms. The number of fused-ring (bicyclic) bond motifs is 1. The van der Waals surface area contributed by atoms with Crippen LogP contribution in [-0.4, -0.2) is 46.3 Å². The Labute approximate surface area is 198 Å². The molecule has 11 heteroatoms. The van der Waals surface area contributed by atoms with Crippen molar-refractivity contribution in [3.63, 3.8) is 0 Å². The molecule has 0 aliphatic carbocycles. The third-order valence-corrected chi connectivity index (χ3v) is 7.34. The monoisotopic (exact) mass is 500 g/mol. The van der Waals surface area contributed by atoms with Crippen LogP contribution in [0.1, 0.15) is 57.0 Å². The highest BCUT2D eigenvalue weighted by atomic mass is 32.1. The van der Waals surface area contributed by atoms with E-state index in [9.17, 15) is 22.7 Å². The minimum Gasteiger partial charge on any atom is -0.391 e. The smallest absolute Gasteiger partial charge is 0.391 e. The first-order valence-electron chi connectivity index (χ1n) is 11.5. The van der Waals surface area contributed by atoms with Crippen molar-refractivity contribution in [2.45, 2.75) is 76.5 Å². The van der Waals surface area contributed by atoms with Crippen LogP contribution in [0.2, 0.25) is 0 Å². The van der Waals surface area contributed by atoms with E-state index in [0.717, 1.165) is 17.8 Å². The van der Waals surface area contributed by atoms with Gasteiger partial charge in [0.2, 0.25) is 11.7 Å². The van der Waals surface area contributed by atoms with E-state index >= 15 is 0 Å². The largest absolute Gasteiger partial charge is 0.393 e. The van der Waals surface area contributed by atoms with Gasteiger partial charge in [0, 0.05) is 0 Å². The van der Waals surface area contributed by atoms with Crippen LogP contribution < -0.4 is 10.6 Å². The molecule has 6 nitrogen and oxygen atoms in total. The molecule has 0 saturated carbocycles. The van der Waals surface area contributed by atoms with Gasteiger partial charge in [0.15, 0.2) is 0 Å². The number of anilines is 1. The highest BCUT2D eigenvalue weighted by Gasteiger charge is 2.35. The maximum atomic E-state index is 14.6. The Morgan fingerprint density at radius 3 is 2.76 bits per heavy atom. The lowest BCUT2D eigenvalue weighted by atomic mass is 10.0. The van der Waals surface area contributed by atoms with Crippen molar-refractivity contribution in [1.29, 1.82) is 0 Å². The standard InChI is InChI=1S/C23H28F4N4O2S/c1-3-6-15(14(24)4-2)29-16-8-5-7-12-13(11-23(25,26)27)20(34-19(12)16)21-30-22(33-31-21)18-17(32)9-10-28-18/h5,7-8,14-15,17-18,28-29,32H,3-4,6,9-11H2,1-2H3/t14-,15+,17-,18+/m0/s1. The fourth-order valence-electron chi connectivity index (χ4n) is 4.37. The minimum atomic E-state index is -4.45. The molecule has 1 aliphatic heterocycles. The molecule has 1 fully saturated rings. The van der Waals surface area contributed by atoms with Gasteiger partial charge in [-0.2, -0.15) is 18.2 Å². The molecule has 4 atom stereocenters. The van der Waals surface area contributed by atoms with E-state index in [1.54, 1.807) is 25.1 Å². The number of thiophene rings is 1. The number of aliphatic hydroxyl groups excluding tert-OH is 1. The summed E-state index contributed by atoms with van der Waals surface area (Å²) in [7, 11) is 0. The molecule has 4 rings (SSSR count). The summed E-state index contributed by atoms with van der Waals surface area (Å²) in [5.74, 6) is 0.185. The Hall–Kier alpha value is -2.24. The first kappa shape index (κ1) is 24.9. The molecule has 3 aromatic rings. The molecule has 1 saturated heterocycles. The molecular formula is C23H28F4N4O2S. The number of aromatic nitrogens is 2. The normalized spacial score (nSPS) is 20.7. The summed E-state index contributed by atoms with van der Waals surface area (Å²) in [6.45, 7) is 4.31. The predicted octanol–water partition coefficient (Wildman–Crippen LogP) is 5.78. The van der Waals surface area contributed by atoms with Crippen molar-refractivity contribution in [1.82, 2.24) is 15.5 Å². The van der Waals surface area contributed by atoms with Crippen LogP contribution >= 0.6 is 11.3 Å². The van der Waals surface area contributed by atoms with Crippen LogP contribution in [0.25, 0.3) is 20.8 Å². The molecule has 3 heterocycles. The molecule has 186 valence electrons. The van der Waals surface area contributed by atoms with Crippen LogP contribution in [0.15, 0.2) is 22.7 Å². The zero-order chi connectivity index (χ0) is 24.5. The quantitative estimate of drug-likeness (QED) is 0.323. The van der Waals surface area contributed by atoms with Gasteiger partial charge in [0.1, 0.15) is 12.2 Å². The maximum Gasteiger partial charge on any atom is 0.393 e. The Bertz CT molecular complexity index is 1120. The third-order valence-electron chi connectivity index (χ3n) is 6.06. The summed E-state index contributed by atoms with van der Waals surface area (Å²) >= 11 is 1.13. The average molecular weight is 501 g/mol. The van der Waals surface area contributed by atoms with Crippen LogP contribution in [0.3, 0.4) is 0 Å². The zero-order valence-electron chi connectivity index (χ0n) is 19.0. The van der Waals surface area contributed by atoms with Crippen molar-refractivity contribution in [3.8, 4) is 10.7 Å². The lowest BCUT2D eigenvalue weighted by molar-refractivity contribution is -0.126. The highest BCUT2D eigenvalue weighted by molar-refractivity contribution is 7.23. The summed E-state index contributed by atoms with van der Waals surface area (Å²) in [6, 6.07) is 4.06. The van der Waals surface area contributed by atoms with E-state index in [0.29, 0.717) is 41.6 Å². The predicted molar refractivity (Wildman–Crippen MR) is 124 cm³/mol. The summed E-state index contributed by atoms with van der Waals surface area (Å²) in [5, 5.41) is 20.8. The molecule has 3 N–H and O–H groups in total. The van der Waals surface area contributed by atoms with Crippen LogP contribution in [0.4, 0.5) is 23.2 Å². The van der Waals surface area contributed by atoms with E-state index in [1.165, 1.54) is 0 Å². The van der Waals surface area contributed by atoms with Gasteiger partial charge in [-0.15, -0.1) is 11.3 Å². The second kappa shape index (κ2) is 10.2. The molecule has 0 spiro atoms. The Balaban J connectivity index is 1.78. The number of aliphatic hydroxyl groups is 1. The van der Waals surface area contributed by atoms with Gasteiger partial charge in [0.25, 0.3) is 0 Å². The number of nitrogens with one attached hydrogen (secondary N) is 2. The van der Waals surface area contributed by atoms with Crippen molar-refractivity contribution in [2.24, 2.45) is 0 Å². The van der Waals surface area contributed by atoms with Gasteiger partial charge in [-0.3, -0.25) is 0 Å². The fraction of sp³-hybridized carbons (Fsp3) is 0.565. The van der Waals surface area contributed by atoms with Gasteiger partial charge in [0.05, 0.1) is 33.8 Å². The highest BCUT2D eigenvalue weighted by Crippen LogP contribution is 2.44. The molecular weight excluding hydrogens is 472 g/mol. The SMILES string of the molecule is CCC[C@@H](Nc1cccc2c(CC(F)(F)F)c(-c3noc([C@@H]4NCC[C@@H]4O)n3)sc12)[C@@H](F)CC. The summed E-state index contributed by atoms with van der Waals surface area (Å²) in [4.78, 5) is 4.58. The van der Waals surface area contributed by atoms with E-state index in [4.69, 9.17) is 4.52 Å². The molecule has 1 aromatic carbocycles. The molecule has 0 amide bonds. The zero-order valence-corrected chi connectivity index (χ0v) is 19.8. The van der Waals surface area contributed by atoms with Gasteiger partial charge in [-0.1, -0.05) is 37.6 Å².